The van der Waals surface area contributed by atoms with E-state index in [2.05, 4.69) is 11.9 Å². The quantitative estimate of drug-likeness (QED) is 0.549. The highest BCUT2D eigenvalue weighted by Crippen LogP contribution is 2.32. The predicted octanol–water partition coefficient (Wildman–Crippen LogP) is 3.53. The molecule has 1 N–H and O–H groups in total. The molecule has 0 aromatic heterocycles. The van der Waals surface area contributed by atoms with Gasteiger partial charge >= 0.3 is 0 Å². The first-order valence-corrected chi connectivity index (χ1v) is 8.30. The molecule has 2 rings (SSSR count). The van der Waals surface area contributed by atoms with E-state index in [-0.39, 0.29) is 12.4 Å². The minimum Gasteiger partial charge on any atom is -0.346 e. The van der Waals surface area contributed by atoms with E-state index in [9.17, 15) is 4.79 Å². The summed E-state index contributed by atoms with van der Waals surface area (Å²) in [6, 6.07) is 1.38. The molecule has 2 saturated heterocycles. The molecule has 2 fully saturated rings. The van der Waals surface area contributed by atoms with Crippen molar-refractivity contribution < 1.29 is 4.79 Å². The van der Waals surface area contributed by atoms with Gasteiger partial charge in [0.1, 0.15) is 0 Å². The van der Waals surface area contributed by atoms with Crippen LogP contribution in [0.25, 0.3) is 0 Å². The van der Waals surface area contributed by atoms with Crippen molar-refractivity contribution in [2.45, 2.75) is 69.9 Å². The molecule has 2 bridgehead atoms. The van der Waals surface area contributed by atoms with Gasteiger partial charge < -0.3 is 10.2 Å². The fourth-order valence-corrected chi connectivity index (χ4v) is 3.68. The average Bonchev–Trinajstić information content (AvgIpc) is 2.77. The highest BCUT2D eigenvalue weighted by Gasteiger charge is 2.34. The van der Waals surface area contributed by atoms with Gasteiger partial charge in [0.2, 0.25) is 5.91 Å². The van der Waals surface area contributed by atoms with Gasteiger partial charge in [-0.25, -0.2) is 0 Å². The number of hydrogen-bond donors (Lipinski definition) is 1. The van der Waals surface area contributed by atoms with Crippen molar-refractivity contribution in [1.29, 1.82) is 0 Å². The van der Waals surface area contributed by atoms with E-state index in [4.69, 9.17) is 0 Å². The first-order valence-electron chi connectivity index (χ1n) is 8.30. The van der Waals surface area contributed by atoms with Crippen LogP contribution >= 0.6 is 12.4 Å². The molecule has 2 unspecified atom stereocenters. The summed E-state index contributed by atoms with van der Waals surface area (Å²) in [5, 5.41) is 3.64. The van der Waals surface area contributed by atoms with Crippen molar-refractivity contribution in [3.8, 4) is 0 Å². The maximum absolute atomic E-state index is 12.3. The molecular weight excluding hydrogens is 284 g/mol. The van der Waals surface area contributed by atoms with Gasteiger partial charge in [-0.3, -0.25) is 4.79 Å². The Labute approximate surface area is 136 Å². The molecule has 2 aliphatic rings. The average molecular weight is 315 g/mol. The van der Waals surface area contributed by atoms with Gasteiger partial charge in [0, 0.05) is 32.1 Å². The lowest BCUT2D eigenvalue weighted by Crippen LogP contribution is -2.40. The Hall–Kier alpha value is -0.540. The standard InChI is InChI=1S/C17H30N2O.ClH/c1-3-4-5-6-7-10-19(2)17(20)13-14-11-15-8-9-16(12-14)18-15;/h3,14-16,18H,1,4-13H2,2H3;1H. The number of carbonyl (C=O) groups excluding carboxylic acids is 1. The number of unbranched alkanes of at least 4 members (excludes halogenated alkanes) is 3. The Morgan fingerprint density at radius 3 is 2.52 bits per heavy atom. The molecule has 0 aromatic rings. The Kier molecular flexibility index (Phi) is 8.35. The lowest BCUT2D eigenvalue weighted by molar-refractivity contribution is -0.131. The van der Waals surface area contributed by atoms with Crippen LogP contribution in [0.3, 0.4) is 0 Å². The summed E-state index contributed by atoms with van der Waals surface area (Å²) in [6.45, 7) is 4.64. The van der Waals surface area contributed by atoms with E-state index < -0.39 is 0 Å². The number of allylic oxidation sites excluding steroid dienone is 1. The minimum atomic E-state index is 0. The molecule has 1 amide bonds. The number of fused-ring (bicyclic) bond motifs is 2. The number of rotatable bonds is 8. The molecule has 3 nitrogen and oxygen atoms in total. The molecule has 0 spiro atoms. The molecule has 0 radical (unpaired) electrons. The summed E-state index contributed by atoms with van der Waals surface area (Å²) in [7, 11) is 1.96. The summed E-state index contributed by atoms with van der Waals surface area (Å²) >= 11 is 0. The van der Waals surface area contributed by atoms with Gasteiger partial charge in [0.15, 0.2) is 0 Å². The van der Waals surface area contributed by atoms with E-state index in [0.29, 0.717) is 23.9 Å². The molecule has 0 aromatic carbocycles. The zero-order chi connectivity index (χ0) is 14.4. The van der Waals surface area contributed by atoms with Crippen LogP contribution in [-0.2, 0) is 4.79 Å². The van der Waals surface area contributed by atoms with E-state index in [1.165, 1.54) is 38.5 Å². The number of halogens is 1. The van der Waals surface area contributed by atoms with Gasteiger partial charge in [-0.05, 0) is 50.9 Å². The zero-order valence-corrected chi connectivity index (χ0v) is 14.2. The summed E-state index contributed by atoms with van der Waals surface area (Å²) < 4.78 is 0. The normalized spacial score (nSPS) is 27.0. The van der Waals surface area contributed by atoms with Crippen molar-refractivity contribution in [2.75, 3.05) is 13.6 Å². The second-order valence-electron chi connectivity index (χ2n) is 6.63. The molecule has 21 heavy (non-hydrogen) atoms. The first-order chi connectivity index (χ1) is 9.69. The molecule has 122 valence electrons. The van der Waals surface area contributed by atoms with Crippen LogP contribution in [0, 0.1) is 5.92 Å². The van der Waals surface area contributed by atoms with Crippen molar-refractivity contribution in [2.24, 2.45) is 5.92 Å². The fraction of sp³-hybridized carbons (Fsp3) is 0.824. The monoisotopic (exact) mass is 314 g/mol. The summed E-state index contributed by atoms with van der Waals surface area (Å²) in [5.41, 5.74) is 0. The topological polar surface area (TPSA) is 32.3 Å². The molecule has 2 heterocycles. The summed E-state index contributed by atoms with van der Waals surface area (Å²) in [5.74, 6) is 0.962. The Balaban J connectivity index is 0.00000220. The van der Waals surface area contributed by atoms with Gasteiger partial charge in [0.05, 0.1) is 0 Å². The smallest absolute Gasteiger partial charge is 0.222 e. The van der Waals surface area contributed by atoms with Gasteiger partial charge in [-0.2, -0.15) is 0 Å². The van der Waals surface area contributed by atoms with Crippen LogP contribution in [0.4, 0.5) is 0 Å². The highest BCUT2D eigenvalue weighted by molar-refractivity contribution is 5.85. The number of nitrogens with one attached hydrogen (secondary N) is 1. The zero-order valence-electron chi connectivity index (χ0n) is 13.4. The second-order valence-corrected chi connectivity index (χ2v) is 6.63. The molecule has 4 heteroatoms. The largest absolute Gasteiger partial charge is 0.346 e. The Morgan fingerprint density at radius 2 is 1.90 bits per heavy atom. The molecule has 2 atom stereocenters. The number of amides is 1. The van der Waals surface area contributed by atoms with Crippen LogP contribution in [0.5, 0.6) is 0 Å². The third-order valence-corrected chi connectivity index (χ3v) is 4.86. The first kappa shape index (κ1) is 18.5. The van der Waals surface area contributed by atoms with Crippen molar-refractivity contribution in [3.63, 3.8) is 0 Å². The van der Waals surface area contributed by atoms with Crippen molar-refractivity contribution in [1.82, 2.24) is 10.2 Å². The maximum Gasteiger partial charge on any atom is 0.222 e. The predicted molar refractivity (Wildman–Crippen MR) is 90.8 cm³/mol. The third kappa shape index (κ3) is 5.99. The SMILES string of the molecule is C=CCCCCCN(C)C(=O)CC1CC2CCC(C1)N2.Cl. The highest BCUT2D eigenvalue weighted by atomic mass is 35.5. The molecule has 2 aliphatic heterocycles. The Bertz CT molecular complexity index is 323. The number of carbonyl (C=O) groups is 1. The van der Waals surface area contributed by atoms with E-state index >= 15 is 0 Å². The van der Waals surface area contributed by atoms with Gasteiger partial charge in [0.25, 0.3) is 0 Å². The van der Waals surface area contributed by atoms with Crippen LogP contribution in [-0.4, -0.2) is 36.5 Å². The summed E-state index contributed by atoms with van der Waals surface area (Å²) in [4.78, 5) is 14.2. The fourth-order valence-electron chi connectivity index (χ4n) is 3.68. The van der Waals surface area contributed by atoms with Crippen LogP contribution in [0.15, 0.2) is 12.7 Å². The number of hydrogen-bond acceptors (Lipinski definition) is 2. The van der Waals surface area contributed by atoms with E-state index in [1.54, 1.807) is 0 Å². The minimum absolute atomic E-state index is 0. The van der Waals surface area contributed by atoms with Gasteiger partial charge in [-0.1, -0.05) is 12.5 Å². The van der Waals surface area contributed by atoms with Crippen LogP contribution in [0.2, 0.25) is 0 Å². The lowest BCUT2D eigenvalue weighted by Gasteiger charge is -2.30. The second kappa shape index (κ2) is 9.47. The number of nitrogens with zero attached hydrogens (tertiary/aromatic N) is 1. The third-order valence-electron chi connectivity index (χ3n) is 4.86. The molecule has 0 saturated carbocycles. The lowest BCUT2D eigenvalue weighted by atomic mass is 9.89. The molecule has 0 aliphatic carbocycles. The van der Waals surface area contributed by atoms with E-state index in [1.807, 2.05) is 18.0 Å². The maximum atomic E-state index is 12.3. The summed E-state index contributed by atoms with van der Waals surface area (Å²) in [6.07, 6.45) is 12.4. The van der Waals surface area contributed by atoms with Crippen molar-refractivity contribution >= 4 is 18.3 Å². The van der Waals surface area contributed by atoms with Crippen LogP contribution in [0.1, 0.15) is 57.8 Å². The Morgan fingerprint density at radius 1 is 1.24 bits per heavy atom. The van der Waals surface area contributed by atoms with Gasteiger partial charge in [-0.15, -0.1) is 19.0 Å². The van der Waals surface area contributed by atoms with E-state index in [0.717, 1.165) is 25.8 Å². The molecular formula is C17H31ClN2O. The van der Waals surface area contributed by atoms with Crippen LogP contribution < -0.4 is 5.32 Å². The number of piperidine rings is 1. The van der Waals surface area contributed by atoms with Crippen molar-refractivity contribution in [3.05, 3.63) is 12.7 Å².